The Bertz CT molecular complexity index is 841. The lowest BCUT2D eigenvalue weighted by Crippen LogP contribution is -2.11. The molecule has 7 nitrogen and oxygen atoms in total. The number of aromatic nitrogens is 3. The number of benzene rings is 1. The van der Waals surface area contributed by atoms with E-state index in [1.165, 1.54) is 16.4 Å². The largest absolute Gasteiger partial charge is 0.335 e. The number of nitro groups is 1. The molecule has 2 heterocycles. The second-order valence-electron chi connectivity index (χ2n) is 4.88. The van der Waals surface area contributed by atoms with Crippen LogP contribution in [0.15, 0.2) is 40.9 Å². The van der Waals surface area contributed by atoms with E-state index in [4.69, 9.17) is 5.84 Å². The lowest BCUT2D eigenvalue weighted by molar-refractivity contribution is -0.380. The van der Waals surface area contributed by atoms with E-state index in [-0.39, 0.29) is 9.92 Å². The van der Waals surface area contributed by atoms with E-state index in [9.17, 15) is 10.1 Å². The number of rotatable bonds is 5. The zero-order valence-corrected chi connectivity index (χ0v) is 13.8. The van der Waals surface area contributed by atoms with Gasteiger partial charge in [-0.2, -0.15) is 0 Å². The summed E-state index contributed by atoms with van der Waals surface area (Å²) in [5.74, 6) is 7.19. The Morgan fingerprint density at radius 3 is 2.74 bits per heavy atom. The third-order valence-corrected chi connectivity index (χ3v) is 5.11. The van der Waals surface area contributed by atoms with Gasteiger partial charge >= 0.3 is 5.00 Å². The maximum absolute atomic E-state index is 10.7. The summed E-state index contributed by atoms with van der Waals surface area (Å²) in [6.45, 7) is 2.01. The highest BCUT2D eigenvalue weighted by atomic mass is 32.2. The standard InChI is InChI=1S/C14H13N5O2S2/c1-9-2-4-11(5-3-9)13-16-17-14(18(13)15)23-8-10-6-12(19(20)21)22-7-10/h2-7H,8,15H2,1H3. The van der Waals surface area contributed by atoms with Crippen LogP contribution in [0.3, 0.4) is 0 Å². The van der Waals surface area contributed by atoms with Crippen LogP contribution >= 0.6 is 23.1 Å². The first kappa shape index (κ1) is 15.5. The normalized spacial score (nSPS) is 10.8. The first-order chi connectivity index (χ1) is 11.0. The van der Waals surface area contributed by atoms with E-state index in [0.29, 0.717) is 16.7 Å². The fourth-order valence-electron chi connectivity index (χ4n) is 1.96. The molecule has 0 saturated carbocycles. The highest BCUT2D eigenvalue weighted by Gasteiger charge is 2.14. The lowest BCUT2D eigenvalue weighted by atomic mass is 10.1. The summed E-state index contributed by atoms with van der Waals surface area (Å²) in [5, 5.41) is 21.4. The molecule has 0 aliphatic carbocycles. The van der Waals surface area contributed by atoms with Crippen molar-refractivity contribution in [1.29, 1.82) is 0 Å². The number of thiophene rings is 1. The average Bonchev–Trinajstić information content (AvgIpc) is 3.13. The molecule has 0 aliphatic heterocycles. The van der Waals surface area contributed by atoms with E-state index >= 15 is 0 Å². The van der Waals surface area contributed by atoms with Crippen LogP contribution in [0, 0.1) is 17.0 Å². The summed E-state index contributed by atoms with van der Waals surface area (Å²) in [5.41, 5.74) is 2.92. The highest BCUT2D eigenvalue weighted by Crippen LogP contribution is 2.29. The van der Waals surface area contributed by atoms with Crippen molar-refractivity contribution >= 4 is 28.1 Å². The van der Waals surface area contributed by atoms with Crippen molar-refractivity contribution < 1.29 is 4.92 Å². The molecule has 0 bridgehead atoms. The van der Waals surface area contributed by atoms with Gasteiger partial charge in [-0.1, -0.05) is 52.9 Å². The van der Waals surface area contributed by atoms with Crippen LogP contribution in [0.1, 0.15) is 11.1 Å². The summed E-state index contributed by atoms with van der Waals surface area (Å²) in [4.78, 5) is 10.3. The van der Waals surface area contributed by atoms with Crippen LogP contribution in [0.2, 0.25) is 0 Å². The molecule has 0 spiro atoms. The van der Waals surface area contributed by atoms with E-state index < -0.39 is 0 Å². The van der Waals surface area contributed by atoms with Crippen LogP contribution in [0.5, 0.6) is 0 Å². The Hall–Kier alpha value is -2.39. The topological polar surface area (TPSA) is 99.9 Å². The van der Waals surface area contributed by atoms with Gasteiger partial charge in [-0.25, -0.2) is 4.68 Å². The van der Waals surface area contributed by atoms with Crippen LogP contribution in [0.25, 0.3) is 11.4 Å². The second kappa shape index (κ2) is 6.39. The van der Waals surface area contributed by atoms with Gasteiger partial charge in [0.2, 0.25) is 5.16 Å². The Kier molecular flexibility index (Phi) is 4.30. The first-order valence-corrected chi connectivity index (χ1v) is 8.53. The van der Waals surface area contributed by atoms with Gasteiger partial charge in [-0.3, -0.25) is 10.1 Å². The van der Waals surface area contributed by atoms with Crippen LogP contribution < -0.4 is 5.84 Å². The second-order valence-corrected chi connectivity index (χ2v) is 6.71. The molecule has 0 amide bonds. The summed E-state index contributed by atoms with van der Waals surface area (Å²) in [6, 6.07) is 9.43. The molecule has 9 heteroatoms. The summed E-state index contributed by atoms with van der Waals surface area (Å²) < 4.78 is 1.44. The molecule has 0 saturated heterocycles. The van der Waals surface area contributed by atoms with Crippen LogP contribution in [0.4, 0.5) is 5.00 Å². The van der Waals surface area contributed by atoms with Gasteiger partial charge in [0, 0.05) is 22.8 Å². The number of nitrogens with two attached hydrogens (primary N) is 1. The molecule has 0 fully saturated rings. The third kappa shape index (κ3) is 3.35. The highest BCUT2D eigenvalue weighted by molar-refractivity contribution is 7.98. The van der Waals surface area contributed by atoms with Crippen molar-refractivity contribution in [3.05, 3.63) is 57.0 Å². The molecule has 0 unspecified atom stereocenters. The van der Waals surface area contributed by atoms with E-state index in [2.05, 4.69) is 10.2 Å². The summed E-state index contributed by atoms with van der Waals surface area (Å²) >= 11 is 2.51. The van der Waals surface area contributed by atoms with Gasteiger partial charge in [-0.15, -0.1) is 10.2 Å². The Morgan fingerprint density at radius 1 is 1.35 bits per heavy atom. The minimum Gasteiger partial charge on any atom is -0.335 e. The average molecular weight is 347 g/mol. The maximum atomic E-state index is 10.7. The van der Waals surface area contributed by atoms with E-state index in [1.54, 1.807) is 11.4 Å². The Morgan fingerprint density at radius 2 is 2.09 bits per heavy atom. The minimum atomic E-state index is -0.389. The smallest absolute Gasteiger partial charge is 0.324 e. The van der Waals surface area contributed by atoms with Gasteiger partial charge in [0.1, 0.15) is 0 Å². The van der Waals surface area contributed by atoms with Crippen molar-refractivity contribution in [3.63, 3.8) is 0 Å². The van der Waals surface area contributed by atoms with E-state index in [1.807, 2.05) is 31.2 Å². The minimum absolute atomic E-state index is 0.134. The fraction of sp³-hybridized carbons (Fsp3) is 0.143. The van der Waals surface area contributed by atoms with Gasteiger partial charge in [0.25, 0.3) is 0 Å². The maximum Gasteiger partial charge on any atom is 0.324 e. The molecule has 118 valence electrons. The van der Waals surface area contributed by atoms with Crippen molar-refractivity contribution in [2.45, 2.75) is 17.8 Å². The number of hydrogen-bond donors (Lipinski definition) is 1. The Balaban J connectivity index is 1.74. The van der Waals surface area contributed by atoms with E-state index in [0.717, 1.165) is 28.0 Å². The number of thioether (sulfide) groups is 1. The lowest BCUT2D eigenvalue weighted by Gasteiger charge is -2.03. The van der Waals surface area contributed by atoms with Crippen molar-refractivity contribution in [2.24, 2.45) is 0 Å². The molecule has 2 N–H and O–H groups in total. The first-order valence-electron chi connectivity index (χ1n) is 6.66. The summed E-state index contributed by atoms with van der Waals surface area (Å²) in [7, 11) is 0. The Labute approximate surface area is 140 Å². The van der Waals surface area contributed by atoms with Gasteiger partial charge in [-0.05, 0) is 12.5 Å². The molecule has 3 aromatic rings. The number of nitrogen functional groups attached to an aromatic ring is 1. The van der Waals surface area contributed by atoms with Gasteiger partial charge in [0.15, 0.2) is 5.82 Å². The van der Waals surface area contributed by atoms with Crippen LogP contribution in [-0.2, 0) is 5.75 Å². The third-order valence-electron chi connectivity index (χ3n) is 3.16. The predicted octanol–water partition coefficient (Wildman–Crippen LogP) is 3.23. The van der Waals surface area contributed by atoms with Crippen molar-refractivity contribution in [2.75, 3.05) is 5.84 Å². The number of hydrogen-bond acceptors (Lipinski definition) is 7. The molecule has 0 radical (unpaired) electrons. The molecule has 0 aliphatic rings. The zero-order chi connectivity index (χ0) is 16.4. The zero-order valence-electron chi connectivity index (χ0n) is 12.2. The summed E-state index contributed by atoms with van der Waals surface area (Å²) in [6.07, 6.45) is 0. The van der Waals surface area contributed by atoms with Crippen LogP contribution in [-0.4, -0.2) is 19.8 Å². The van der Waals surface area contributed by atoms with Crippen molar-refractivity contribution in [1.82, 2.24) is 14.9 Å². The SMILES string of the molecule is Cc1ccc(-c2nnc(SCc3csc([N+](=O)[O-])c3)n2N)cc1. The number of nitrogens with zero attached hydrogens (tertiary/aromatic N) is 4. The molecule has 2 aromatic heterocycles. The molecule has 3 rings (SSSR count). The molecule has 1 aromatic carbocycles. The molecule has 0 atom stereocenters. The fourth-order valence-corrected chi connectivity index (χ4v) is 3.58. The van der Waals surface area contributed by atoms with Crippen molar-refractivity contribution in [3.8, 4) is 11.4 Å². The van der Waals surface area contributed by atoms with Gasteiger partial charge in [0.05, 0.1) is 4.92 Å². The quantitative estimate of drug-likeness (QED) is 0.329. The molecular formula is C14H13N5O2S2. The van der Waals surface area contributed by atoms with Gasteiger partial charge < -0.3 is 5.84 Å². The molecule has 23 heavy (non-hydrogen) atoms. The monoisotopic (exact) mass is 347 g/mol. The molecular weight excluding hydrogens is 334 g/mol. The number of aryl methyl sites for hydroxylation is 1. The predicted molar refractivity (Wildman–Crippen MR) is 90.9 cm³/mol.